The lowest BCUT2D eigenvalue weighted by Gasteiger charge is -2.24. The van der Waals surface area contributed by atoms with E-state index in [0.29, 0.717) is 0 Å². The van der Waals surface area contributed by atoms with E-state index < -0.39 is 36.3 Å². The second-order valence-corrected chi connectivity index (χ2v) is 5.59. The number of hydrogen-bond donors (Lipinski definition) is 6. The van der Waals surface area contributed by atoms with Crippen molar-refractivity contribution in [1.29, 1.82) is 0 Å². The molecular formula is C12H16N4O7S. The minimum absolute atomic E-state index is 0.0140. The van der Waals surface area contributed by atoms with Crippen molar-refractivity contribution in [1.82, 2.24) is 20.6 Å². The first-order valence-corrected chi connectivity index (χ1v) is 8.03. The van der Waals surface area contributed by atoms with Gasteiger partial charge in [-0.25, -0.2) is 0 Å². The highest BCUT2D eigenvalue weighted by atomic mass is 32.2. The number of aromatic hydroxyl groups is 2. The van der Waals surface area contributed by atoms with Crippen molar-refractivity contribution in [2.24, 2.45) is 0 Å². The number of aliphatic hydroxyl groups is 2. The zero-order valence-corrected chi connectivity index (χ0v) is 13.2. The molecule has 0 aliphatic carbocycles. The number of aromatic nitrogens is 3. The lowest BCUT2D eigenvalue weighted by molar-refractivity contribution is -0.216. The second-order valence-electron chi connectivity index (χ2n) is 5.03. The molecule has 1 saturated heterocycles. The van der Waals surface area contributed by atoms with Gasteiger partial charge in [0.2, 0.25) is 5.88 Å². The molecule has 3 heterocycles. The molecule has 11 nitrogen and oxygen atoms in total. The molecule has 24 heavy (non-hydrogen) atoms. The Bertz CT molecular complexity index is 714. The van der Waals surface area contributed by atoms with Crippen LogP contribution in [0.15, 0.2) is 6.20 Å². The van der Waals surface area contributed by atoms with Gasteiger partial charge in [-0.2, -0.15) is 9.97 Å². The fraction of sp³-hybridized carbons (Fsp3) is 0.500. The van der Waals surface area contributed by atoms with E-state index in [2.05, 4.69) is 20.6 Å². The summed E-state index contributed by atoms with van der Waals surface area (Å²) >= 11 is 1.09. The molecule has 2 aromatic heterocycles. The van der Waals surface area contributed by atoms with Crippen LogP contribution in [0, 0.1) is 0 Å². The van der Waals surface area contributed by atoms with E-state index in [1.807, 2.05) is 0 Å². The Morgan fingerprint density at radius 1 is 1.25 bits per heavy atom. The van der Waals surface area contributed by atoms with E-state index in [4.69, 9.17) is 13.9 Å². The molecule has 0 spiro atoms. The summed E-state index contributed by atoms with van der Waals surface area (Å²) in [6.07, 6.45) is -1.57. The number of H-pyrrole nitrogens is 1. The van der Waals surface area contributed by atoms with Gasteiger partial charge in [-0.05, 0) is 12.0 Å². The normalized spacial score (nSPS) is 28.1. The van der Waals surface area contributed by atoms with E-state index in [1.54, 1.807) is 6.26 Å². The highest BCUT2D eigenvalue weighted by Gasteiger charge is 2.40. The van der Waals surface area contributed by atoms with Gasteiger partial charge in [-0.3, -0.25) is 9.68 Å². The van der Waals surface area contributed by atoms with Crippen LogP contribution in [0.5, 0.6) is 11.9 Å². The van der Waals surface area contributed by atoms with E-state index in [-0.39, 0.29) is 23.2 Å². The Balaban J connectivity index is 1.92. The van der Waals surface area contributed by atoms with Gasteiger partial charge in [0, 0.05) is 18.0 Å². The molecule has 1 aliphatic rings. The summed E-state index contributed by atoms with van der Waals surface area (Å²) in [6.45, 7) is 0.0140. The summed E-state index contributed by atoms with van der Waals surface area (Å²) in [7, 11) is 0. The Morgan fingerprint density at radius 3 is 2.79 bits per heavy atom. The SMILES string of the molecule is CSOC[C@H]1ONO[C@@H](c2c[nH]c3c(O)nc(O)nc23)[C@H](O)[C@@H]1O. The van der Waals surface area contributed by atoms with Crippen LogP contribution in [0.4, 0.5) is 0 Å². The summed E-state index contributed by atoms with van der Waals surface area (Å²) in [4.78, 5) is 20.3. The zero-order chi connectivity index (χ0) is 17.3. The standard InChI is InChI=1S/C12H16N4O7S/c1-24-21-3-5-8(17)9(18)10(23-16-22-5)4-2-13-7-6(4)14-12(20)15-11(7)19/h2,5,8-10,13,16-18H,3H2,1H3,(H2,14,15,19,20)/t5-,8-,9-,10+/m1/s1. The third kappa shape index (κ3) is 3.12. The number of nitrogens with one attached hydrogen (secondary N) is 2. The van der Waals surface area contributed by atoms with E-state index in [9.17, 15) is 20.4 Å². The maximum atomic E-state index is 10.4. The van der Waals surface area contributed by atoms with Crippen molar-refractivity contribution in [3.8, 4) is 11.9 Å². The smallest absolute Gasteiger partial charge is 0.317 e. The van der Waals surface area contributed by atoms with Crippen molar-refractivity contribution < 1.29 is 34.3 Å². The highest BCUT2D eigenvalue weighted by molar-refractivity contribution is 7.93. The van der Waals surface area contributed by atoms with Crippen molar-refractivity contribution in [2.75, 3.05) is 12.9 Å². The molecular weight excluding hydrogens is 344 g/mol. The topological polar surface area (TPSA) is 162 Å². The molecule has 4 atom stereocenters. The summed E-state index contributed by atoms with van der Waals surface area (Å²) < 4.78 is 5.11. The molecule has 0 amide bonds. The Hall–Kier alpha value is -1.67. The predicted octanol–water partition coefficient (Wildman–Crippen LogP) is -0.738. The number of hydrogen-bond acceptors (Lipinski definition) is 11. The first kappa shape index (κ1) is 17.2. The van der Waals surface area contributed by atoms with Crippen LogP contribution in [0.1, 0.15) is 11.7 Å². The van der Waals surface area contributed by atoms with Gasteiger partial charge in [0.05, 0.1) is 6.61 Å². The maximum absolute atomic E-state index is 10.4. The van der Waals surface area contributed by atoms with Gasteiger partial charge < -0.3 is 29.6 Å². The van der Waals surface area contributed by atoms with E-state index in [0.717, 1.165) is 12.0 Å². The number of fused-ring (bicyclic) bond motifs is 1. The molecule has 0 unspecified atom stereocenters. The van der Waals surface area contributed by atoms with E-state index >= 15 is 0 Å². The molecule has 6 N–H and O–H groups in total. The van der Waals surface area contributed by atoms with Crippen LogP contribution in [-0.4, -0.2) is 66.6 Å². The van der Waals surface area contributed by atoms with Crippen molar-refractivity contribution in [3.05, 3.63) is 11.8 Å². The summed E-state index contributed by atoms with van der Waals surface area (Å²) in [5.41, 5.74) is 2.78. The Kier molecular flexibility index (Phi) is 5.05. The molecule has 1 fully saturated rings. The fourth-order valence-corrected chi connectivity index (χ4v) is 2.68. The van der Waals surface area contributed by atoms with Crippen molar-refractivity contribution in [2.45, 2.75) is 24.4 Å². The summed E-state index contributed by atoms with van der Waals surface area (Å²) in [6, 6.07) is -0.639. The number of nitrogens with zero attached hydrogens (tertiary/aromatic N) is 2. The van der Waals surface area contributed by atoms with Crippen LogP contribution in [0.2, 0.25) is 0 Å². The quantitative estimate of drug-likeness (QED) is 0.381. The Morgan fingerprint density at radius 2 is 2.04 bits per heavy atom. The highest BCUT2D eigenvalue weighted by Crippen LogP contribution is 2.34. The van der Waals surface area contributed by atoms with E-state index in [1.165, 1.54) is 6.20 Å². The van der Waals surface area contributed by atoms with Gasteiger partial charge in [-0.15, -0.1) is 0 Å². The molecule has 132 valence electrons. The first-order chi connectivity index (χ1) is 11.5. The van der Waals surface area contributed by atoms with Gasteiger partial charge in [-0.1, -0.05) is 5.64 Å². The van der Waals surface area contributed by atoms with Gasteiger partial charge in [0.1, 0.15) is 35.4 Å². The van der Waals surface area contributed by atoms with Crippen LogP contribution < -0.4 is 5.64 Å². The molecule has 2 aromatic rings. The van der Waals surface area contributed by atoms with Crippen LogP contribution in [0.3, 0.4) is 0 Å². The average Bonchev–Trinajstić information content (AvgIpc) is 2.91. The molecule has 0 aromatic carbocycles. The zero-order valence-electron chi connectivity index (χ0n) is 12.4. The van der Waals surface area contributed by atoms with Crippen LogP contribution >= 0.6 is 12.0 Å². The molecule has 0 radical (unpaired) electrons. The number of rotatable bonds is 4. The van der Waals surface area contributed by atoms with Crippen LogP contribution in [0.25, 0.3) is 11.0 Å². The summed E-state index contributed by atoms with van der Waals surface area (Å²) in [5.74, 6) is -0.456. The minimum atomic E-state index is -1.39. The molecule has 0 bridgehead atoms. The Labute approximate surface area is 139 Å². The molecule has 0 saturated carbocycles. The lowest BCUT2D eigenvalue weighted by atomic mass is 9.99. The van der Waals surface area contributed by atoms with Crippen LogP contribution in [-0.2, 0) is 13.9 Å². The second kappa shape index (κ2) is 7.06. The molecule has 12 heteroatoms. The predicted molar refractivity (Wildman–Crippen MR) is 80.5 cm³/mol. The largest absolute Gasteiger partial charge is 0.492 e. The fourth-order valence-electron chi connectivity index (χ4n) is 2.41. The molecule has 3 rings (SSSR count). The lowest BCUT2D eigenvalue weighted by Crippen LogP contribution is -2.42. The van der Waals surface area contributed by atoms with Gasteiger partial charge >= 0.3 is 6.01 Å². The average molecular weight is 360 g/mol. The monoisotopic (exact) mass is 360 g/mol. The first-order valence-electron chi connectivity index (χ1n) is 6.88. The van der Waals surface area contributed by atoms with Crippen molar-refractivity contribution in [3.63, 3.8) is 0 Å². The summed E-state index contributed by atoms with van der Waals surface area (Å²) in [5, 5.41) is 39.9. The number of aliphatic hydroxyl groups excluding tert-OH is 2. The van der Waals surface area contributed by atoms with Crippen molar-refractivity contribution >= 4 is 23.1 Å². The third-order valence-electron chi connectivity index (χ3n) is 3.60. The minimum Gasteiger partial charge on any atom is -0.492 e. The third-order valence-corrected chi connectivity index (χ3v) is 3.97. The van der Waals surface area contributed by atoms with Gasteiger partial charge in [0.15, 0.2) is 0 Å². The maximum Gasteiger partial charge on any atom is 0.317 e. The molecule has 1 aliphatic heterocycles. The number of aromatic amines is 1. The van der Waals surface area contributed by atoms with Gasteiger partial charge in [0.25, 0.3) is 0 Å².